The van der Waals surface area contributed by atoms with E-state index in [9.17, 15) is 9.59 Å². The molecule has 0 saturated heterocycles. The molecule has 19 heavy (non-hydrogen) atoms. The Bertz CT molecular complexity index is 621. The Labute approximate surface area is 110 Å². The zero-order chi connectivity index (χ0) is 13.8. The Morgan fingerprint density at radius 1 is 1.05 bits per heavy atom. The number of amides is 1. The highest BCUT2D eigenvalue weighted by molar-refractivity contribution is 5.95. The Morgan fingerprint density at radius 3 is 2.32 bits per heavy atom. The third-order valence-corrected chi connectivity index (χ3v) is 2.86. The molecule has 1 amide bonds. The molecule has 3 N–H and O–H groups in total. The normalized spacial score (nSPS) is 10.1. The average Bonchev–Trinajstić information content (AvgIpc) is 2.39. The quantitative estimate of drug-likeness (QED) is 0.877. The van der Waals surface area contributed by atoms with E-state index >= 15 is 0 Å². The average molecular weight is 255 g/mol. The van der Waals surface area contributed by atoms with E-state index in [0.717, 1.165) is 5.56 Å². The fourth-order valence-corrected chi connectivity index (χ4v) is 1.92. The van der Waals surface area contributed by atoms with Crippen molar-refractivity contribution in [2.24, 2.45) is 5.73 Å². The van der Waals surface area contributed by atoms with Crippen molar-refractivity contribution in [3.63, 3.8) is 0 Å². The number of aromatic carboxylic acids is 1. The molecule has 0 radical (unpaired) electrons. The first-order valence-corrected chi connectivity index (χ1v) is 5.78. The van der Waals surface area contributed by atoms with Gasteiger partial charge in [0.05, 0.1) is 5.56 Å². The van der Waals surface area contributed by atoms with Gasteiger partial charge in [-0.05, 0) is 35.7 Å². The molecule has 2 aromatic carbocycles. The lowest BCUT2D eigenvalue weighted by Gasteiger charge is -2.08. The number of hydrogen-bond acceptors (Lipinski definition) is 2. The van der Waals surface area contributed by atoms with Gasteiger partial charge in [0, 0.05) is 5.56 Å². The van der Waals surface area contributed by atoms with Gasteiger partial charge in [0.25, 0.3) is 0 Å². The lowest BCUT2D eigenvalue weighted by atomic mass is 9.97. The molecule has 0 atom stereocenters. The van der Waals surface area contributed by atoms with E-state index < -0.39 is 11.9 Å². The SMILES string of the molecule is NC(=O)c1ccc(C(=O)O)c(Cc2ccccc2)c1. The predicted octanol–water partition coefficient (Wildman–Crippen LogP) is 2.07. The number of nitrogens with two attached hydrogens (primary N) is 1. The molecule has 0 aliphatic carbocycles. The van der Waals surface area contributed by atoms with Gasteiger partial charge < -0.3 is 10.8 Å². The number of benzene rings is 2. The van der Waals surface area contributed by atoms with Crippen molar-refractivity contribution in [2.75, 3.05) is 0 Å². The summed E-state index contributed by atoms with van der Waals surface area (Å²) in [5.41, 5.74) is 7.28. The van der Waals surface area contributed by atoms with Crippen LogP contribution in [0.3, 0.4) is 0 Å². The minimum atomic E-state index is -1.01. The van der Waals surface area contributed by atoms with E-state index in [4.69, 9.17) is 10.8 Å². The van der Waals surface area contributed by atoms with Crippen molar-refractivity contribution in [3.8, 4) is 0 Å². The van der Waals surface area contributed by atoms with Crippen LogP contribution in [0.15, 0.2) is 48.5 Å². The standard InChI is InChI=1S/C15H13NO3/c16-14(17)11-6-7-13(15(18)19)12(9-11)8-10-4-2-1-3-5-10/h1-7,9H,8H2,(H2,16,17)(H,18,19). The second-order valence-electron chi connectivity index (χ2n) is 4.20. The van der Waals surface area contributed by atoms with Gasteiger partial charge in [-0.1, -0.05) is 30.3 Å². The first-order chi connectivity index (χ1) is 9.08. The molecular weight excluding hydrogens is 242 g/mol. The molecule has 4 heteroatoms. The van der Waals surface area contributed by atoms with E-state index in [0.29, 0.717) is 17.5 Å². The van der Waals surface area contributed by atoms with Crippen molar-refractivity contribution >= 4 is 11.9 Å². The van der Waals surface area contributed by atoms with Gasteiger partial charge in [0.15, 0.2) is 0 Å². The summed E-state index contributed by atoms with van der Waals surface area (Å²) in [5.74, 6) is -1.58. The van der Waals surface area contributed by atoms with Crippen LogP contribution >= 0.6 is 0 Å². The van der Waals surface area contributed by atoms with E-state index in [2.05, 4.69) is 0 Å². The molecule has 0 bridgehead atoms. The maximum Gasteiger partial charge on any atom is 0.335 e. The Kier molecular flexibility index (Phi) is 3.61. The molecular formula is C15H13NO3. The summed E-state index contributed by atoms with van der Waals surface area (Å²) < 4.78 is 0. The first-order valence-electron chi connectivity index (χ1n) is 5.78. The van der Waals surface area contributed by atoms with Crippen LogP contribution in [0.1, 0.15) is 31.8 Å². The van der Waals surface area contributed by atoms with Gasteiger partial charge in [0.2, 0.25) is 5.91 Å². The smallest absolute Gasteiger partial charge is 0.335 e. The molecule has 4 nitrogen and oxygen atoms in total. The van der Waals surface area contributed by atoms with Crippen molar-refractivity contribution in [2.45, 2.75) is 6.42 Å². The largest absolute Gasteiger partial charge is 0.478 e. The maximum absolute atomic E-state index is 11.2. The van der Waals surface area contributed by atoms with Crippen molar-refractivity contribution in [1.29, 1.82) is 0 Å². The van der Waals surface area contributed by atoms with Crippen LogP contribution in [-0.4, -0.2) is 17.0 Å². The second-order valence-corrected chi connectivity index (χ2v) is 4.20. The highest BCUT2D eigenvalue weighted by Crippen LogP contribution is 2.17. The summed E-state index contributed by atoms with van der Waals surface area (Å²) in [6, 6.07) is 13.9. The summed E-state index contributed by atoms with van der Waals surface area (Å²) in [4.78, 5) is 22.3. The van der Waals surface area contributed by atoms with Crippen molar-refractivity contribution < 1.29 is 14.7 Å². The summed E-state index contributed by atoms with van der Waals surface area (Å²) in [6.07, 6.45) is 0.448. The molecule has 0 spiro atoms. The third kappa shape index (κ3) is 2.98. The van der Waals surface area contributed by atoms with Crippen LogP contribution in [0.5, 0.6) is 0 Å². The topological polar surface area (TPSA) is 80.4 Å². The van der Waals surface area contributed by atoms with Crippen LogP contribution < -0.4 is 5.73 Å². The van der Waals surface area contributed by atoms with E-state index in [-0.39, 0.29) is 5.56 Å². The highest BCUT2D eigenvalue weighted by Gasteiger charge is 2.12. The maximum atomic E-state index is 11.2. The van der Waals surface area contributed by atoms with Crippen molar-refractivity contribution in [1.82, 2.24) is 0 Å². The predicted molar refractivity (Wildman–Crippen MR) is 71.2 cm³/mol. The molecule has 2 aromatic rings. The zero-order valence-electron chi connectivity index (χ0n) is 10.2. The molecule has 0 aliphatic heterocycles. The summed E-state index contributed by atoms with van der Waals surface area (Å²) in [5, 5.41) is 9.16. The monoisotopic (exact) mass is 255 g/mol. The molecule has 96 valence electrons. The molecule has 0 aromatic heterocycles. The van der Waals surface area contributed by atoms with Gasteiger partial charge in [0.1, 0.15) is 0 Å². The van der Waals surface area contributed by atoms with Crippen LogP contribution in [0, 0.1) is 0 Å². The van der Waals surface area contributed by atoms with Gasteiger partial charge in [-0.25, -0.2) is 4.79 Å². The number of rotatable bonds is 4. The van der Waals surface area contributed by atoms with E-state index in [1.165, 1.54) is 12.1 Å². The summed E-state index contributed by atoms with van der Waals surface area (Å²) >= 11 is 0. The molecule has 2 rings (SSSR count). The summed E-state index contributed by atoms with van der Waals surface area (Å²) in [6.45, 7) is 0. The van der Waals surface area contributed by atoms with Crippen LogP contribution in [0.4, 0.5) is 0 Å². The fraction of sp³-hybridized carbons (Fsp3) is 0.0667. The Hall–Kier alpha value is -2.62. The molecule has 0 heterocycles. The highest BCUT2D eigenvalue weighted by atomic mass is 16.4. The van der Waals surface area contributed by atoms with E-state index in [1.54, 1.807) is 6.07 Å². The van der Waals surface area contributed by atoms with Crippen LogP contribution in [-0.2, 0) is 6.42 Å². The van der Waals surface area contributed by atoms with Gasteiger partial charge >= 0.3 is 5.97 Å². The van der Waals surface area contributed by atoms with Gasteiger partial charge in [-0.3, -0.25) is 4.79 Å². The number of hydrogen-bond donors (Lipinski definition) is 2. The lowest BCUT2D eigenvalue weighted by Crippen LogP contribution is -2.13. The minimum Gasteiger partial charge on any atom is -0.478 e. The Balaban J connectivity index is 2.43. The van der Waals surface area contributed by atoms with Gasteiger partial charge in [-0.15, -0.1) is 0 Å². The van der Waals surface area contributed by atoms with Crippen molar-refractivity contribution in [3.05, 3.63) is 70.8 Å². The third-order valence-electron chi connectivity index (χ3n) is 2.86. The first kappa shape index (κ1) is 12.8. The second kappa shape index (κ2) is 5.35. The van der Waals surface area contributed by atoms with Gasteiger partial charge in [-0.2, -0.15) is 0 Å². The number of carbonyl (C=O) groups is 2. The minimum absolute atomic E-state index is 0.189. The van der Waals surface area contributed by atoms with E-state index in [1.807, 2.05) is 30.3 Å². The summed E-state index contributed by atoms with van der Waals surface area (Å²) in [7, 11) is 0. The number of primary amides is 1. The fourth-order valence-electron chi connectivity index (χ4n) is 1.92. The molecule has 0 unspecified atom stereocenters. The molecule has 0 saturated carbocycles. The number of carboxylic acid groups (broad SMARTS) is 1. The van der Waals surface area contributed by atoms with Crippen LogP contribution in [0.2, 0.25) is 0 Å². The number of carbonyl (C=O) groups excluding carboxylic acids is 1. The molecule has 0 aliphatic rings. The zero-order valence-corrected chi connectivity index (χ0v) is 10.2. The molecule has 0 fully saturated rings. The van der Waals surface area contributed by atoms with Crippen LogP contribution in [0.25, 0.3) is 0 Å². The number of carboxylic acids is 1. The Morgan fingerprint density at radius 2 is 1.74 bits per heavy atom. The lowest BCUT2D eigenvalue weighted by molar-refractivity contribution is 0.0695.